The number of aromatic nitrogens is 2. The summed E-state index contributed by atoms with van der Waals surface area (Å²) in [6.45, 7) is 0.426. The highest BCUT2D eigenvalue weighted by molar-refractivity contribution is 6.31. The van der Waals surface area contributed by atoms with E-state index >= 15 is 0 Å². The predicted octanol–water partition coefficient (Wildman–Crippen LogP) is 4.50. The zero-order valence-electron chi connectivity index (χ0n) is 11.0. The van der Waals surface area contributed by atoms with Crippen LogP contribution in [0.25, 0.3) is 0 Å². The minimum absolute atomic E-state index is 0.295. The normalized spacial score (nSPS) is 15.2. The summed E-state index contributed by atoms with van der Waals surface area (Å²) >= 11 is 5.59. The fourth-order valence-corrected chi connectivity index (χ4v) is 2.42. The maximum atomic E-state index is 12.8. The third kappa shape index (κ3) is 3.15. The van der Waals surface area contributed by atoms with Crippen LogP contribution in [0.1, 0.15) is 30.1 Å². The lowest BCUT2D eigenvalue weighted by atomic mass is 10.2. The highest BCUT2D eigenvalue weighted by Crippen LogP contribution is 2.37. The fourth-order valence-electron chi connectivity index (χ4n) is 2.20. The second kappa shape index (κ2) is 5.26. The van der Waals surface area contributed by atoms with Gasteiger partial charge in [-0.15, -0.1) is 0 Å². The molecular weight excluding hydrogens is 303 g/mol. The molecule has 7 heteroatoms. The minimum atomic E-state index is -4.45. The zero-order valence-corrected chi connectivity index (χ0v) is 11.7. The van der Waals surface area contributed by atoms with Gasteiger partial charge in [-0.3, -0.25) is 0 Å². The zero-order chi connectivity index (χ0) is 15.0. The van der Waals surface area contributed by atoms with Gasteiger partial charge in [-0.1, -0.05) is 11.6 Å². The smallest absolute Gasteiger partial charge is 0.379 e. The Morgan fingerprint density at radius 1 is 1.33 bits per heavy atom. The van der Waals surface area contributed by atoms with Gasteiger partial charge in [0.2, 0.25) is 0 Å². The third-order valence-corrected chi connectivity index (χ3v) is 3.76. The van der Waals surface area contributed by atoms with E-state index in [2.05, 4.69) is 14.9 Å². The second-order valence-electron chi connectivity index (χ2n) is 5.07. The van der Waals surface area contributed by atoms with Crippen molar-refractivity contribution in [1.29, 1.82) is 0 Å². The Bertz CT molecular complexity index is 647. The first kappa shape index (κ1) is 14.3. The van der Waals surface area contributed by atoms with Gasteiger partial charge in [-0.2, -0.15) is 13.2 Å². The third-order valence-electron chi connectivity index (χ3n) is 3.43. The number of benzene rings is 1. The van der Waals surface area contributed by atoms with Crippen molar-refractivity contribution in [3.05, 3.63) is 47.0 Å². The predicted molar refractivity (Wildman–Crippen MR) is 74.3 cm³/mol. The van der Waals surface area contributed by atoms with Crippen molar-refractivity contribution in [2.45, 2.75) is 31.6 Å². The van der Waals surface area contributed by atoms with E-state index in [1.165, 1.54) is 12.1 Å². The summed E-state index contributed by atoms with van der Waals surface area (Å²) in [5, 5.41) is 2.70. The summed E-state index contributed by atoms with van der Waals surface area (Å²) in [4.78, 5) is 4.09. The lowest BCUT2D eigenvalue weighted by Crippen LogP contribution is -2.09. The Kier molecular flexibility index (Phi) is 3.57. The van der Waals surface area contributed by atoms with Crippen molar-refractivity contribution in [2.75, 3.05) is 5.32 Å². The van der Waals surface area contributed by atoms with Gasteiger partial charge in [-0.05, 0) is 31.0 Å². The van der Waals surface area contributed by atoms with Gasteiger partial charge < -0.3 is 9.88 Å². The Balaban J connectivity index is 1.74. The number of hydrogen-bond donors (Lipinski definition) is 1. The van der Waals surface area contributed by atoms with Crippen LogP contribution < -0.4 is 5.32 Å². The van der Waals surface area contributed by atoms with Crippen molar-refractivity contribution in [2.24, 2.45) is 0 Å². The molecule has 1 aromatic heterocycles. The number of alkyl halides is 3. The molecule has 3 nitrogen and oxygen atoms in total. The highest BCUT2D eigenvalue weighted by Gasteiger charge is 2.33. The maximum absolute atomic E-state index is 12.8. The molecule has 0 radical (unpaired) electrons. The molecular formula is C14H13ClF3N3. The summed E-state index contributed by atoms with van der Waals surface area (Å²) < 4.78 is 40.4. The summed E-state index contributed by atoms with van der Waals surface area (Å²) in [5.74, 6) is 0. The van der Waals surface area contributed by atoms with E-state index in [0.717, 1.165) is 24.6 Å². The Hall–Kier alpha value is -1.69. The molecule has 21 heavy (non-hydrogen) atoms. The van der Waals surface area contributed by atoms with Crippen LogP contribution in [0.15, 0.2) is 30.7 Å². The van der Waals surface area contributed by atoms with Crippen LogP contribution in [-0.4, -0.2) is 9.55 Å². The highest BCUT2D eigenvalue weighted by atomic mass is 35.5. The first-order valence-electron chi connectivity index (χ1n) is 6.56. The van der Waals surface area contributed by atoms with E-state index in [1.54, 1.807) is 12.5 Å². The summed E-state index contributed by atoms with van der Waals surface area (Å²) in [7, 11) is 0. The molecule has 0 spiro atoms. The van der Waals surface area contributed by atoms with E-state index < -0.39 is 11.7 Å². The number of imidazole rings is 1. The molecule has 0 aliphatic heterocycles. The molecule has 0 unspecified atom stereocenters. The molecule has 0 atom stereocenters. The lowest BCUT2D eigenvalue weighted by Gasteiger charge is -2.13. The van der Waals surface area contributed by atoms with Crippen molar-refractivity contribution in [3.63, 3.8) is 0 Å². The molecule has 3 rings (SSSR count). The fraction of sp³-hybridized carbons (Fsp3) is 0.357. The van der Waals surface area contributed by atoms with Crippen LogP contribution >= 0.6 is 11.6 Å². The van der Waals surface area contributed by atoms with Crippen molar-refractivity contribution in [3.8, 4) is 0 Å². The van der Waals surface area contributed by atoms with Crippen LogP contribution in [0.3, 0.4) is 0 Å². The van der Waals surface area contributed by atoms with Gasteiger partial charge in [0.25, 0.3) is 0 Å². The standard InChI is InChI=1S/C14H13ClF3N3/c15-13-4-1-9(5-12(13)14(16,17)18)20-7-11-6-19-8-21(11)10-2-3-10/h1,4-6,8,10,20H,2-3,7H2. The van der Waals surface area contributed by atoms with Crippen LogP contribution in [-0.2, 0) is 12.7 Å². The number of rotatable bonds is 4. The maximum Gasteiger partial charge on any atom is 0.417 e. The largest absolute Gasteiger partial charge is 0.417 e. The van der Waals surface area contributed by atoms with Gasteiger partial charge in [0.05, 0.1) is 29.2 Å². The number of nitrogens with zero attached hydrogens (tertiary/aromatic N) is 2. The van der Waals surface area contributed by atoms with E-state index in [-0.39, 0.29) is 5.02 Å². The van der Waals surface area contributed by atoms with Crippen molar-refractivity contribution in [1.82, 2.24) is 9.55 Å². The molecule has 112 valence electrons. The number of nitrogens with one attached hydrogen (secondary N) is 1. The lowest BCUT2D eigenvalue weighted by molar-refractivity contribution is -0.137. The Labute approximate surface area is 124 Å². The molecule has 1 saturated carbocycles. The first-order valence-corrected chi connectivity index (χ1v) is 6.94. The monoisotopic (exact) mass is 315 g/mol. The van der Waals surface area contributed by atoms with E-state index in [1.807, 2.05) is 0 Å². The Morgan fingerprint density at radius 3 is 2.76 bits per heavy atom. The molecule has 1 aliphatic carbocycles. The molecule has 1 N–H and O–H groups in total. The van der Waals surface area contributed by atoms with Crippen LogP contribution in [0.4, 0.5) is 18.9 Å². The first-order chi connectivity index (χ1) is 9.95. The van der Waals surface area contributed by atoms with Gasteiger partial charge in [0.15, 0.2) is 0 Å². The van der Waals surface area contributed by atoms with Gasteiger partial charge >= 0.3 is 6.18 Å². The van der Waals surface area contributed by atoms with E-state index in [9.17, 15) is 13.2 Å². The molecule has 2 aromatic rings. The Morgan fingerprint density at radius 2 is 2.10 bits per heavy atom. The summed E-state index contributed by atoms with van der Waals surface area (Å²) in [6.07, 6.45) is 1.29. The van der Waals surface area contributed by atoms with E-state index in [0.29, 0.717) is 18.3 Å². The number of anilines is 1. The second-order valence-corrected chi connectivity index (χ2v) is 5.48. The topological polar surface area (TPSA) is 29.9 Å². The van der Waals surface area contributed by atoms with Crippen molar-refractivity contribution >= 4 is 17.3 Å². The molecule has 1 fully saturated rings. The quantitative estimate of drug-likeness (QED) is 0.900. The molecule has 1 heterocycles. The van der Waals surface area contributed by atoms with Crippen LogP contribution in [0, 0.1) is 0 Å². The number of halogens is 4. The average Bonchev–Trinajstić information content (AvgIpc) is 3.15. The molecule has 0 amide bonds. The molecule has 0 bridgehead atoms. The van der Waals surface area contributed by atoms with Gasteiger partial charge in [0.1, 0.15) is 0 Å². The average molecular weight is 316 g/mol. The van der Waals surface area contributed by atoms with E-state index in [4.69, 9.17) is 11.6 Å². The SMILES string of the molecule is FC(F)(F)c1cc(NCc2cncn2C2CC2)ccc1Cl. The molecule has 0 saturated heterocycles. The number of hydrogen-bond acceptors (Lipinski definition) is 2. The van der Waals surface area contributed by atoms with Crippen LogP contribution in [0.5, 0.6) is 0 Å². The summed E-state index contributed by atoms with van der Waals surface area (Å²) in [6, 6.07) is 4.31. The van der Waals surface area contributed by atoms with Crippen LogP contribution in [0.2, 0.25) is 5.02 Å². The molecule has 1 aromatic carbocycles. The van der Waals surface area contributed by atoms with Gasteiger partial charge in [0, 0.05) is 17.9 Å². The van der Waals surface area contributed by atoms with Crippen molar-refractivity contribution < 1.29 is 13.2 Å². The minimum Gasteiger partial charge on any atom is -0.379 e. The summed E-state index contributed by atoms with van der Waals surface area (Å²) in [5.41, 5.74) is 0.515. The molecule has 1 aliphatic rings. The van der Waals surface area contributed by atoms with Gasteiger partial charge in [-0.25, -0.2) is 4.98 Å².